The lowest BCUT2D eigenvalue weighted by Crippen LogP contribution is -2.35. The van der Waals surface area contributed by atoms with Crippen molar-refractivity contribution in [2.75, 3.05) is 0 Å². The first-order valence-electron chi connectivity index (χ1n) is 11.1. The number of nitrogens with zero attached hydrogens (tertiary/aromatic N) is 4. The molecule has 0 radical (unpaired) electrons. The molecule has 1 aromatic heterocycles. The zero-order chi connectivity index (χ0) is 24.1. The second-order valence-electron chi connectivity index (χ2n) is 8.75. The van der Waals surface area contributed by atoms with Crippen LogP contribution in [-0.2, 0) is 4.79 Å². The van der Waals surface area contributed by atoms with Crippen LogP contribution in [-0.4, -0.2) is 31.5 Å². The third-order valence-corrected chi connectivity index (χ3v) is 7.04. The van der Waals surface area contributed by atoms with E-state index in [2.05, 4.69) is 46.7 Å². The average Bonchev–Trinajstić information content (AvgIpc) is 3.32. The molecule has 0 saturated carbocycles. The summed E-state index contributed by atoms with van der Waals surface area (Å²) in [6.07, 6.45) is 1.76. The topological polar surface area (TPSA) is 73.8 Å². The van der Waals surface area contributed by atoms with E-state index in [4.69, 9.17) is 5.41 Å². The molecule has 170 valence electrons. The minimum atomic E-state index is -0.416. The Hall–Kier alpha value is -3.71. The number of aromatic nitrogens is 1. The summed E-state index contributed by atoms with van der Waals surface area (Å²) < 4.78 is 2.19. The van der Waals surface area contributed by atoms with E-state index in [1.165, 1.54) is 27.9 Å². The summed E-state index contributed by atoms with van der Waals surface area (Å²) in [5.41, 5.74) is 8.78. The molecule has 34 heavy (non-hydrogen) atoms. The molecule has 0 spiro atoms. The number of carbonyl (C=O) groups is 1. The Morgan fingerprint density at radius 1 is 0.971 bits per heavy atom. The van der Waals surface area contributed by atoms with Crippen LogP contribution in [0.4, 0.5) is 0 Å². The Morgan fingerprint density at radius 3 is 2.47 bits per heavy atom. The van der Waals surface area contributed by atoms with E-state index in [0.29, 0.717) is 5.17 Å². The molecule has 0 aliphatic carbocycles. The molecule has 1 amide bonds. The number of thioether (sulfide) groups is 1. The fourth-order valence-corrected chi connectivity index (χ4v) is 5.29. The van der Waals surface area contributed by atoms with E-state index >= 15 is 0 Å². The monoisotopic (exact) mass is 467 g/mol. The lowest BCUT2D eigenvalue weighted by atomic mass is 10.1. The maximum Gasteiger partial charge on any atom is 0.283 e. The van der Waals surface area contributed by atoms with E-state index in [0.717, 1.165) is 38.8 Å². The second-order valence-corrected chi connectivity index (χ2v) is 9.70. The summed E-state index contributed by atoms with van der Waals surface area (Å²) in [6.45, 7) is 10.3. The number of hydrazone groups is 1. The van der Waals surface area contributed by atoms with Crippen molar-refractivity contribution in [2.24, 2.45) is 10.1 Å². The molecule has 1 N–H and O–H groups in total. The van der Waals surface area contributed by atoms with Gasteiger partial charge in [0, 0.05) is 22.6 Å². The van der Waals surface area contributed by atoms with E-state index in [9.17, 15) is 4.79 Å². The summed E-state index contributed by atoms with van der Waals surface area (Å²) >= 11 is 1.31. The van der Waals surface area contributed by atoms with Crippen LogP contribution in [0.1, 0.15) is 39.2 Å². The maximum atomic E-state index is 12.9. The third-order valence-electron chi connectivity index (χ3n) is 6.08. The summed E-state index contributed by atoms with van der Waals surface area (Å²) in [4.78, 5) is 17.2. The van der Waals surface area contributed by atoms with Gasteiger partial charge in [0.15, 0.2) is 5.84 Å². The predicted molar refractivity (Wildman–Crippen MR) is 140 cm³/mol. The zero-order valence-corrected chi connectivity index (χ0v) is 20.6. The van der Waals surface area contributed by atoms with E-state index in [-0.39, 0.29) is 11.4 Å². The van der Waals surface area contributed by atoms with Gasteiger partial charge in [0.1, 0.15) is 5.04 Å². The number of hydrogen-bond acceptors (Lipinski definition) is 4. The van der Waals surface area contributed by atoms with Gasteiger partial charge >= 0.3 is 0 Å². The maximum absolute atomic E-state index is 12.9. The van der Waals surface area contributed by atoms with Crippen molar-refractivity contribution >= 4 is 39.8 Å². The highest BCUT2D eigenvalue weighted by Gasteiger charge is 2.36. The van der Waals surface area contributed by atoms with Gasteiger partial charge < -0.3 is 4.57 Å². The molecular formula is C27H25N5OS. The molecule has 0 saturated heterocycles. The molecule has 3 heterocycles. The Labute approximate surface area is 203 Å². The minimum absolute atomic E-state index is 0.0430. The van der Waals surface area contributed by atoms with Crippen LogP contribution in [0.5, 0.6) is 0 Å². The molecule has 7 heteroatoms. The standard InChI is InChI=1S/C27H25N5OS/c1-15-7-6-8-20(12-15)26-30-32-24(28)22(25(33)29-27(32)34-26)14-21-13-18(4)31(19(21)5)23-10-9-16(2)11-17(23)3/h6-14,28H,1-5H3. The number of nitrogens with one attached hydrogen (secondary N) is 1. The largest absolute Gasteiger partial charge is 0.318 e. The number of amides is 1. The van der Waals surface area contributed by atoms with E-state index < -0.39 is 5.91 Å². The smallest absolute Gasteiger partial charge is 0.283 e. The average molecular weight is 468 g/mol. The molecule has 0 atom stereocenters. The van der Waals surface area contributed by atoms with Gasteiger partial charge in [0.25, 0.3) is 5.91 Å². The van der Waals surface area contributed by atoms with Gasteiger partial charge in [-0.2, -0.15) is 15.1 Å². The van der Waals surface area contributed by atoms with Gasteiger partial charge in [-0.25, -0.2) is 0 Å². The summed E-state index contributed by atoms with van der Waals surface area (Å²) in [7, 11) is 0. The summed E-state index contributed by atoms with van der Waals surface area (Å²) in [5, 5.41) is 15.9. The number of fused-ring (bicyclic) bond motifs is 1. The molecule has 0 unspecified atom stereocenters. The third kappa shape index (κ3) is 3.72. The van der Waals surface area contributed by atoms with Crippen LogP contribution in [0.25, 0.3) is 11.8 Å². The fraction of sp³-hybridized carbons (Fsp3) is 0.185. The lowest BCUT2D eigenvalue weighted by Gasteiger charge is -2.20. The number of aliphatic imine (C=N–C) groups is 1. The number of aryl methyl sites for hydroxylation is 4. The molecule has 3 aromatic rings. The number of rotatable bonds is 3. The van der Waals surface area contributed by atoms with Crippen LogP contribution in [0.15, 0.2) is 64.2 Å². The van der Waals surface area contributed by atoms with Crippen molar-refractivity contribution in [3.63, 3.8) is 0 Å². The molecule has 2 aromatic carbocycles. The Morgan fingerprint density at radius 2 is 1.74 bits per heavy atom. The number of benzene rings is 2. The quantitative estimate of drug-likeness (QED) is 0.503. The van der Waals surface area contributed by atoms with Crippen molar-refractivity contribution in [2.45, 2.75) is 34.6 Å². The first-order valence-corrected chi connectivity index (χ1v) is 11.9. The van der Waals surface area contributed by atoms with Gasteiger partial charge in [-0.15, -0.1) is 0 Å². The van der Waals surface area contributed by atoms with E-state index in [1.807, 2.05) is 51.1 Å². The fourth-order valence-electron chi connectivity index (χ4n) is 4.40. The molecule has 0 fully saturated rings. The van der Waals surface area contributed by atoms with Crippen molar-refractivity contribution in [3.05, 3.63) is 93.3 Å². The van der Waals surface area contributed by atoms with Crippen LogP contribution in [0, 0.1) is 40.0 Å². The molecular weight excluding hydrogens is 442 g/mol. The second kappa shape index (κ2) is 8.25. The molecule has 6 nitrogen and oxygen atoms in total. The Balaban J connectivity index is 1.52. The van der Waals surface area contributed by atoms with Gasteiger partial charge in [-0.3, -0.25) is 10.2 Å². The Kier molecular flexibility index (Phi) is 5.37. The van der Waals surface area contributed by atoms with Crippen LogP contribution in [0.3, 0.4) is 0 Å². The van der Waals surface area contributed by atoms with Crippen molar-refractivity contribution < 1.29 is 4.79 Å². The minimum Gasteiger partial charge on any atom is -0.318 e. The number of amidine groups is 2. The normalized spacial score (nSPS) is 16.7. The van der Waals surface area contributed by atoms with Crippen LogP contribution in [0.2, 0.25) is 0 Å². The van der Waals surface area contributed by atoms with Crippen molar-refractivity contribution in [3.8, 4) is 5.69 Å². The predicted octanol–water partition coefficient (Wildman–Crippen LogP) is 5.69. The lowest BCUT2D eigenvalue weighted by molar-refractivity contribution is -0.114. The van der Waals surface area contributed by atoms with Crippen LogP contribution < -0.4 is 0 Å². The first kappa shape index (κ1) is 22.1. The highest BCUT2D eigenvalue weighted by molar-refractivity contribution is 8.27. The zero-order valence-electron chi connectivity index (χ0n) is 19.8. The van der Waals surface area contributed by atoms with Crippen LogP contribution >= 0.6 is 11.8 Å². The van der Waals surface area contributed by atoms with E-state index in [1.54, 1.807) is 6.08 Å². The molecule has 2 aliphatic heterocycles. The van der Waals surface area contributed by atoms with Crippen molar-refractivity contribution in [1.82, 2.24) is 9.58 Å². The highest BCUT2D eigenvalue weighted by atomic mass is 32.2. The Bertz CT molecular complexity index is 1470. The molecule has 5 rings (SSSR count). The summed E-state index contributed by atoms with van der Waals surface area (Å²) in [5.74, 6) is -0.373. The van der Waals surface area contributed by atoms with Gasteiger partial charge in [0.05, 0.1) is 5.57 Å². The molecule has 0 bridgehead atoms. The van der Waals surface area contributed by atoms with Gasteiger partial charge in [-0.05, 0) is 81.8 Å². The highest BCUT2D eigenvalue weighted by Crippen LogP contribution is 2.32. The number of carbonyl (C=O) groups excluding carboxylic acids is 1. The number of hydrogen-bond donors (Lipinski definition) is 1. The molecule has 2 aliphatic rings. The van der Waals surface area contributed by atoms with Gasteiger partial charge in [0.2, 0.25) is 5.17 Å². The van der Waals surface area contributed by atoms with Gasteiger partial charge in [-0.1, -0.05) is 41.5 Å². The first-order chi connectivity index (χ1) is 16.2. The summed E-state index contributed by atoms with van der Waals surface area (Å²) in [6, 6.07) is 16.4. The SMILES string of the molecule is Cc1cccc(C2=NN3C(=N)C(=Cc4cc(C)n(-c5ccc(C)cc5C)c4C)C(=O)N=C3S2)c1. The van der Waals surface area contributed by atoms with Crippen molar-refractivity contribution in [1.29, 1.82) is 5.41 Å².